The van der Waals surface area contributed by atoms with Gasteiger partial charge in [0.1, 0.15) is 0 Å². The fraction of sp³-hybridized carbons (Fsp3) is 0.385. The fourth-order valence-corrected chi connectivity index (χ4v) is 9.88. The molecule has 0 N–H and O–H groups in total. The number of carbonyl (C=O) groups excluding carboxylic acids is 4. The Morgan fingerprint density at radius 2 is 1.02 bits per heavy atom. The van der Waals surface area contributed by atoms with Crippen molar-refractivity contribution in [2.75, 3.05) is 9.80 Å². The number of allylic oxidation sites excluding steroid dienone is 6. The maximum Gasteiger partial charge on any atom is 0.238 e. The molecule has 8 atom stereocenters. The Balaban J connectivity index is 0.958. The minimum absolute atomic E-state index is 0.0742. The van der Waals surface area contributed by atoms with E-state index in [4.69, 9.17) is 0 Å². The molecule has 2 aliphatic heterocycles. The van der Waals surface area contributed by atoms with Crippen LogP contribution in [0.25, 0.3) is 0 Å². The van der Waals surface area contributed by atoms with Crippen molar-refractivity contribution in [2.45, 2.75) is 44.9 Å². The SMILES string of the molecule is C=CCCC12C=CC(C1)C1C(=O)N(c3ccc(Cc4ccc(N5C(=O)C6C7C=CC(CCC=C)(C7)C6C5=O)cc4)cc3)C(=O)C12. The summed E-state index contributed by atoms with van der Waals surface area (Å²) in [6, 6.07) is 15.4. The monoisotopic (exact) mass is 598 g/mol. The van der Waals surface area contributed by atoms with E-state index >= 15 is 0 Å². The molecular formula is C39H38N2O4. The molecule has 2 heterocycles. The number of amides is 4. The quantitative estimate of drug-likeness (QED) is 0.229. The number of anilines is 2. The lowest BCUT2D eigenvalue weighted by molar-refractivity contribution is -0.125. The summed E-state index contributed by atoms with van der Waals surface area (Å²) in [5, 5.41) is 0. The van der Waals surface area contributed by atoms with E-state index in [0.29, 0.717) is 17.8 Å². The molecule has 0 spiro atoms. The van der Waals surface area contributed by atoms with Crippen molar-refractivity contribution in [3.8, 4) is 0 Å². The summed E-state index contributed by atoms with van der Waals surface area (Å²) in [7, 11) is 0. The molecule has 2 aromatic carbocycles. The predicted octanol–water partition coefficient (Wildman–Crippen LogP) is 6.57. The average Bonchev–Trinajstić information content (AvgIpc) is 3.88. The number of rotatable bonds is 10. The van der Waals surface area contributed by atoms with Crippen LogP contribution in [-0.4, -0.2) is 23.6 Å². The highest BCUT2D eigenvalue weighted by atomic mass is 16.2. The number of hydrogen-bond acceptors (Lipinski definition) is 4. The molecule has 6 heteroatoms. The first kappa shape index (κ1) is 28.2. The van der Waals surface area contributed by atoms with Gasteiger partial charge in [0.2, 0.25) is 23.6 Å². The van der Waals surface area contributed by atoms with Crippen LogP contribution < -0.4 is 9.80 Å². The molecule has 0 radical (unpaired) electrons. The lowest BCUT2D eigenvalue weighted by atomic mass is 9.72. The number of imide groups is 2. The lowest BCUT2D eigenvalue weighted by Crippen LogP contribution is -2.35. The van der Waals surface area contributed by atoms with E-state index in [1.807, 2.05) is 60.7 Å². The highest BCUT2D eigenvalue weighted by Gasteiger charge is 2.67. The van der Waals surface area contributed by atoms with Gasteiger partial charge in [0, 0.05) is 10.8 Å². The second kappa shape index (κ2) is 10.1. The molecule has 6 aliphatic rings. The van der Waals surface area contributed by atoms with Gasteiger partial charge in [0.25, 0.3) is 0 Å². The highest BCUT2D eigenvalue weighted by molar-refractivity contribution is 6.24. The third kappa shape index (κ3) is 3.93. The van der Waals surface area contributed by atoms with Crippen molar-refractivity contribution in [3.63, 3.8) is 0 Å². The Hall–Kier alpha value is -4.32. The third-order valence-electron chi connectivity index (χ3n) is 11.9. The molecule has 2 saturated carbocycles. The van der Waals surface area contributed by atoms with Crippen LogP contribution in [0.3, 0.4) is 0 Å². The fourth-order valence-electron chi connectivity index (χ4n) is 9.88. The molecule has 45 heavy (non-hydrogen) atoms. The van der Waals surface area contributed by atoms with Crippen molar-refractivity contribution in [3.05, 3.63) is 109 Å². The van der Waals surface area contributed by atoms with E-state index in [1.165, 1.54) is 9.80 Å². The van der Waals surface area contributed by atoms with Gasteiger partial charge in [-0.1, -0.05) is 60.7 Å². The van der Waals surface area contributed by atoms with Crippen LogP contribution in [0.1, 0.15) is 49.7 Å². The molecule has 4 amide bonds. The standard InChI is InChI=1S/C39H38N2O4/c1-3-5-17-38-19-15-26(22-38)30-32(38)36(44)40(34(30)42)28-11-7-24(8-12-28)21-25-9-13-29(14-10-25)41-35(43)31-27-16-20-39(23-27,18-6-4-2)33(31)37(41)45/h3-4,7-16,19-20,26-27,30-33H,1-2,5-6,17-18,21-23H2. The van der Waals surface area contributed by atoms with E-state index in [0.717, 1.165) is 49.7 Å². The largest absolute Gasteiger partial charge is 0.274 e. The van der Waals surface area contributed by atoms with Crippen LogP contribution in [0.2, 0.25) is 0 Å². The number of fused-ring (bicyclic) bond motifs is 10. The van der Waals surface area contributed by atoms with Gasteiger partial charge in [-0.3, -0.25) is 29.0 Å². The highest BCUT2D eigenvalue weighted by Crippen LogP contribution is 2.63. The molecule has 4 fully saturated rings. The summed E-state index contributed by atoms with van der Waals surface area (Å²) < 4.78 is 0. The third-order valence-corrected chi connectivity index (χ3v) is 11.9. The van der Waals surface area contributed by atoms with Crippen LogP contribution >= 0.6 is 0 Å². The second-order valence-electron chi connectivity index (χ2n) is 14.1. The molecule has 6 nitrogen and oxygen atoms in total. The normalized spacial score (nSPS) is 35.2. The molecule has 4 bridgehead atoms. The minimum atomic E-state index is -0.281. The van der Waals surface area contributed by atoms with Crippen LogP contribution in [0.15, 0.2) is 98.1 Å². The average molecular weight is 599 g/mol. The molecule has 2 aromatic rings. The van der Waals surface area contributed by atoms with E-state index in [-0.39, 0.29) is 70.0 Å². The second-order valence-corrected chi connectivity index (χ2v) is 14.1. The Morgan fingerprint density at radius 1 is 0.622 bits per heavy atom. The van der Waals surface area contributed by atoms with E-state index < -0.39 is 0 Å². The van der Waals surface area contributed by atoms with Crippen molar-refractivity contribution in [1.29, 1.82) is 0 Å². The van der Waals surface area contributed by atoms with Gasteiger partial charge in [0.15, 0.2) is 0 Å². The zero-order chi connectivity index (χ0) is 31.1. The summed E-state index contributed by atoms with van der Waals surface area (Å²) in [5.74, 6) is -1.11. The van der Waals surface area contributed by atoms with Gasteiger partial charge >= 0.3 is 0 Å². The minimum Gasteiger partial charge on any atom is -0.274 e. The smallest absolute Gasteiger partial charge is 0.238 e. The lowest BCUT2D eigenvalue weighted by Gasteiger charge is -2.30. The van der Waals surface area contributed by atoms with Gasteiger partial charge in [-0.25, -0.2) is 0 Å². The van der Waals surface area contributed by atoms with Gasteiger partial charge in [-0.15, -0.1) is 13.2 Å². The molecule has 4 aliphatic carbocycles. The Kier molecular flexibility index (Phi) is 6.32. The maximum absolute atomic E-state index is 13.7. The summed E-state index contributed by atoms with van der Waals surface area (Å²) in [4.78, 5) is 57.2. The van der Waals surface area contributed by atoms with Crippen LogP contribution in [0, 0.1) is 46.3 Å². The summed E-state index contributed by atoms with van der Waals surface area (Å²) in [6.07, 6.45) is 18.2. The van der Waals surface area contributed by atoms with Crippen LogP contribution in [0.4, 0.5) is 11.4 Å². The Morgan fingerprint density at radius 3 is 1.40 bits per heavy atom. The Bertz CT molecular complexity index is 1580. The molecule has 0 aromatic heterocycles. The van der Waals surface area contributed by atoms with Crippen molar-refractivity contribution in [2.24, 2.45) is 46.3 Å². The van der Waals surface area contributed by atoms with E-state index in [2.05, 4.69) is 37.5 Å². The first-order chi connectivity index (χ1) is 21.8. The van der Waals surface area contributed by atoms with E-state index in [1.54, 1.807) is 0 Å². The van der Waals surface area contributed by atoms with Crippen LogP contribution in [0.5, 0.6) is 0 Å². The number of hydrogen-bond donors (Lipinski definition) is 0. The number of carbonyl (C=O) groups is 4. The van der Waals surface area contributed by atoms with Gasteiger partial charge in [-0.05, 0) is 92.2 Å². The summed E-state index contributed by atoms with van der Waals surface area (Å²) in [6.45, 7) is 7.71. The molecule has 2 saturated heterocycles. The van der Waals surface area contributed by atoms with E-state index in [9.17, 15) is 19.2 Å². The van der Waals surface area contributed by atoms with Gasteiger partial charge < -0.3 is 0 Å². The summed E-state index contributed by atoms with van der Waals surface area (Å²) in [5.41, 5.74) is 2.88. The molecule has 8 rings (SSSR count). The summed E-state index contributed by atoms with van der Waals surface area (Å²) >= 11 is 0. The number of nitrogens with zero attached hydrogens (tertiary/aromatic N) is 2. The maximum atomic E-state index is 13.7. The predicted molar refractivity (Wildman–Crippen MR) is 173 cm³/mol. The Labute approximate surface area is 264 Å². The van der Waals surface area contributed by atoms with Crippen molar-refractivity contribution in [1.82, 2.24) is 0 Å². The topological polar surface area (TPSA) is 74.8 Å². The zero-order valence-electron chi connectivity index (χ0n) is 25.4. The van der Waals surface area contributed by atoms with Crippen molar-refractivity contribution < 1.29 is 19.2 Å². The van der Waals surface area contributed by atoms with Crippen molar-refractivity contribution >= 4 is 35.0 Å². The number of benzene rings is 2. The first-order valence-electron chi connectivity index (χ1n) is 16.3. The first-order valence-corrected chi connectivity index (χ1v) is 16.3. The van der Waals surface area contributed by atoms with Crippen LogP contribution in [-0.2, 0) is 25.6 Å². The van der Waals surface area contributed by atoms with Gasteiger partial charge in [-0.2, -0.15) is 0 Å². The molecule has 228 valence electrons. The molecule has 8 unspecified atom stereocenters. The van der Waals surface area contributed by atoms with Gasteiger partial charge in [0.05, 0.1) is 35.0 Å². The zero-order valence-corrected chi connectivity index (χ0v) is 25.4. The molecular weight excluding hydrogens is 560 g/mol.